The Bertz CT molecular complexity index is 187. The van der Waals surface area contributed by atoms with Gasteiger partial charge in [0.05, 0.1) is 0 Å². The smallest absolute Gasteiger partial charge is 0.00926 e. The van der Waals surface area contributed by atoms with Crippen molar-refractivity contribution in [1.29, 1.82) is 0 Å². The van der Waals surface area contributed by atoms with E-state index in [0.717, 1.165) is 12.0 Å². The number of nitrogens with one attached hydrogen (secondary N) is 1. The minimum Gasteiger partial charge on any atom is -0.317 e. The van der Waals surface area contributed by atoms with Gasteiger partial charge in [-0.2, -0.15) is 0 Å². The molecule has 2 aliphatic heterocycles. The molecular weight excluding hydrogens is 196 g/mol. The lowest BCUT2D eigenvalue weighted by Gasteiger charge is -2.36. The van der Waals surface area contributed by atoms with E-state index in [-0.39, 0.29) is 0 Å². The van der Waals surface area contributed by atoms with E-state index in [9.17, 15) is 0 Å². The molecule has 0 radical (unpaired) electrons. The average Bonchev–Trinajstić information content (AvgIpc) is 2.38. The van der Waals surface area contributed by atoms with Gasteiger partial charge in [0.1, 0.15) is 0 Å². The molecule has 2 rings (SSSR count). The van der Waals surface area contributed by atoms with Crippen molar-refractivity contribution in [3.8, 4) is 0 Å². The lowest BCUT2D eigenvalue weighted by Crippen LogP contribution is -2.40. The minimum absolute atomic E-state index is 0.899. The molecule has 16 heavy (non-hydrogen) atoms. The monoisotopic (exact) mass is 224 g/mol. The Kier molecular flexibility index (Phi) is 5.11. The zero-order valence-electron chi connectivity index (χ0n) is 10.9. The maximum Gasteiger partial charge on any atom is 0.00926 e. The molecule has 0 saturated carbocycles. The predicted octanol–water partition coefficient (Wildman–Crippen LogP) is 2.64. The van der Waals surface area contributed by atoms with E-state index < -0.39 is 0 Å². The summed E-state index contributed by atoms with van der Waals surface area (Å²) in [5.74, 6) is 1.00. The van der Waals surface area contributed by atoms with Crippen LogP contribution < -0.4 is 5.32 Å². The van der Waals surface area contributed by atoms with Crippen LogP contribution in [0.1, 0.15) is 51.9 Å². The highest BCUT2D eigenvalue weighted by Gasteiger charge is 2.21. The van der Waals surface area contributed by atoms with Crippen molar-refractivity contribution in [1.82, 2.24) is 10.2 Å². The van der Waals surface area contributed by atoms with Crippen LogP contribution >= 0.6 is 0 Å². The first-order valence-electron chi connectivity index (χ1n) is 7.35. The first-order valence-corrected chi connectivity index (χ1v) is 7.35. The highest BCUT2D eigenvalue weighted by Crippen LogP contribution is 2.22. The molecule has 2 heterocycles. The molecule has 2 aliphatic rings. The molecule has 1 atom stereocenters. The Labute approximate surface area is 101 Å². The van der Waals surface area contributed by atoms with Crippen LogP contribution in [-0.2, 0) is 0 Å². The van der Waals surface area contributed by atoms with Crippen LogP contribution in [0.25, 0.3) is 0 Å². The standard InChI is InChI=1S/C14H28N2/c1-2-14-5-3-4-11-16(14)12-8-13-6-9-15-10-7-13/h13-15H,2-12H2,1H3. The molecule has 0 aromatic rings. The van der Waals surface area contributed by atoms with E-state index in [1.165, 1.54) is 71.1 Å². The summed E-state index contributed by atoms with van der Waals surface area (Å²) >= 11 is 0. The average molecular weight is 224 g/mol. The van der Waals surface area contributed by atoms with E-state index in [4.69, 9.17) is 0 Å². The van der Waals surface area contributed by atoms with Gasteiger partial charge in [0.2, 0.25) is 0 Å². The summed E-state index contributed by atoms with van der Waals surface area (Å²) in [6, 6.07) is 0.899. The predicted molar refractivity (Wildman–Crippen MR) is 69.7 cm³/mol. The number of nitrogens with zero attached hydrogens (tertiary/aromatic N) is 1. The van der Waals surface area contributed by atoms with E-state index in [1.807, 2.05) is 0 Å². The zero-order valence-corrected chi connectivity index (χ0v) is 10.9. The summed E-state index contributed by atoms with van der Waals surface area (Å²) in [5, 5.41) is 3.46. The molecule has 2 saturated heterocycles. The van der Waals surface area contributed by atoms with Crippen molar-refractivity contribution < 1.29 is 0 Å². The summed E-state index contributed by atoms with van der Waals surface area (Å²) in [5.41, 5.74) is 0. The molecule has 0 spiro atoms. The van der Waals surface area contributed by atoms with Crippen molar-refractivity contribution in [2.24, 2.45) is 5.92 Å². The van der Waals surface area contributed by atoms with Crippen molar-refractivity contribution >= 4 is 0 Å². The number of hydrogen-bond donors (Lipinski definition) is 1. The van der Waals surface area contributed by atoms with Gasteiger partial charge in [0.15, 0.2) is 0 Å². The fourth-order valence-corrected chi connectivity index (χ4v) is 3.34. The Morgan fingerprint density at radius 1 is 1.12 bits per heavy atom. The van der Waals surface area contributed by atoms with E-state index in [0.29, 0.717) is 0 Å². The van der Waals surface area contributed by atoms with E-state index in [2.05, 4.69) is 17.1 Å². The van der Waals surface area contributed by atoms with Crippen LogP contribution in [0.15, 0.2) is 0 Å². The highest BCUT2D eigenvalue weighted by atomic mass is 15.2. The topological polar surface area (TPSA) is 15.3 Å². The first kappa shape index (κ1) is 12.4. The summed E-state index contributed by atoms with van der Waals surface area (Å²) in [6.45, 7) is 7.59. The minimum atomic E-state index is 0.899. The van der Waals surface area contributed by atoms with Crippen molar-refractivity contribution in [2.75, 3.05) is 26.2 Å². The molecule has 1 N–H and O–H groups in total. The highest BCUT2D eigenvalue weighted by molar-refractivity contribution is 4.77. The van der Waals surface area contributed by atoms with Crippen LogP contribution in [0, 0.1) is 5.92 Å². The lowest BCUT2D eigenvalue weighted by molar-refractivity contribution is 0.131. The molecule has 2 nitrogen and oxygen atoms in total. The van der Waals surface area contributed by atoms with Gasteiger partial charge in [-0.1, -0.05) is 13.3 Å². The Hall–Kier alpha value is -0.0800. The second kappa shape index (κ2) is 6.61. The van der Waals surface area contributed by atoms with Crippen molar-refractivity contribution in [2.45, 2.75) is 57.9 Å². The molecule has 0 amide bonds. The summed E-state index contributed by atoms with van der Waals surface area (Å²) in [6.07, 6.45) is 9.95. The van der Waals surface area contributed by atoms with Gasteiger partial charge in [-0.15, -0.1) is 0 Å². The maximum absolute atomic E-state index is 3.46. The quantitative estimate of drug-likeness (QED) is 0.790. The normalized spacial score (nSPS) is 29.4. The van der Waals surface area contributed by atoms with Crippen LogP contribution in [0.3, 0.4) is 0 Å². The Morgan fingerprint density at radius 3 is 2.69 bits per heavy atom. The van der Waals surface area contributed by atoms with Crippen LogP contribution in [-0.4, -0.2) is 37.1 Å². The number of rotatable bonds is 4. The molecule has 2 heteroatoms. The van der Waals surface area contributed by atoms with Gasteiger partial charge in [-0.3, -0.25) is 0 Å². The summed E-state index contributed by atoms with van der Waals surface area (Å²) in [4.78, 5) is 2.77. The molecule has 2 fully saturated rings. The largest absolute Gasteiger partial charge is 0.317 e. The van der Waals surface area contributed by atoms with E-state index in [1.54, 1.807) is 0 Å². The maximum atomic E-state index is 3.46. The molecule has 1 unspecified atom stereocenters. The van der Waals surface area contributed by atoms with Crippen molar-refractivity contribution in [3.63, 3.8) is 0 Å². The molecular formula is C14H28N2. The van der Waals surface area contributed by atoms with Gasteiger partial charge < -0.3 is 10.2 Å². The molecule has 94 valence electrons. The van der Waals surface area contributed by atoms with Crippen LogP contribution in [0.2, 0.25) is 0 Å². The van der Waals surface area contributed by atoms with Gasteiger partial charge in [-0.25, -0.2) is 0 Å². The van der Waals surface area contributed by atoms with Gasteiger partial charge in [0.25, 0.3) is 0 Å². The molecule has 0 aromatic carbocycles. The van der Waals surface area contributed by atoms with Gasteiger partial charge in [0, 0.05) is 6.04 Å². The zero-order chi connectivity index (χ0) is 11.2. The second-order valence-corrected chi connectivity index (χ2v) is 5.58. The molecule has 0 bridgehead atoms. The van der Waals surface area contributed by atoms with Gasteiger partial charge >= 0.3 is 0 Å². The summed E-state index contributed by atoms with van der Waals surface area (Å²) in [7, 11) is 0. The number of likely N-dealkylation sites (tertiary alicyclic amines) is 1. The van der Waals surface area contributed by atoms with Gasteiger partial charge in [-0.05, 0) is 70.6 Å². The molecule has 0 aliphatic carbocycles. The number of hydrogen-bond acceptors (Lipinski definition) is 2. The Balaban J connectivity index is 1.70. The van der Waals surface area contributed by atoms with E-state index >= 15 is 0 Å². The third-order valence-corrected chi connectivity index (χ3v) is 4.50. The molecule has 0 aromatic heterocycles. The summed E-state index contributed by atoms with van der Waals surface area (Å²) < 4.78 is 0. The first-order chi connectivity index (χ1) is 7.90. The Morgan fingerprint density at radius 2 is 1.94 bits per heavy atom. The SMILES string of the molecule is CCC1CCCCN1CCC1CCNCC1. The fraction of sp³-hybridized carbons (Fsp3) is 1.00. The van der Waals surface area contributed by atoms with Crippen LogP contribution in [0.5, 0.6) is 0 Å². The number of piperidine rings is 2. The second-order valence-electron chi connectivity index (χ2n) is 5.58. The third kappa shape index (κ3) is 3.46. The lowest BCUT2D eigenvalue weighted by atomic mass is 9.93. The fourth-order valence-electron chi connectivity index (χ4n) is 3.34. The van der Waals surface area contributed by atoms with Crippen molar-refractivity contribution in [3.05, 3.63) is 0 Å². The van der Waals surface area contributed by atoms with Crippen LogP contribution in [0.4, 0.5) is 0 Å². The third-order valence-electron chi connectivity index (χ3n) is 4.50.